The van der Waals surface area contributed by atoms with Gasteiger partial charge in [0.2, 0.25) is 5.75 Å². The van der Waals surface area contributed by atoms with Gasteiger partial charge in [-0.25, -0.2) is 0 Å². The molecule has 0 aromatic heterocycles. The van der Waals surface area contributed by atoms with Crippen LogP contribution >= 0.6 is 0 Å². The van der Waals surface area contributed by atoms with E-state index in [2.05, 4.69) is 10.2 Å². The lowest BCUT2D eigenvalue weighted by atomic mass is 10.0. The third-order valence-electron chi connectivity index (χ3n) is 6.43. The summed E-state index contributed by atoms with van der Waals surface area (Å²) >= 11 is 0. The third kappa shape index (κ3) is 4.07. The summed E-state index contributed by atoms with van der Waals surface area (Å²) in [5, 5.41) is 14.2. The van der Waals surface area contributed by atoms with Gasteiger partial charge in [-0.05, 0) is 43.0 Å². The van der Waals surface area contributed by atoms with Gasteiger partial charge in [0.15, 0.2) is 11.5 Å². The minimum atomic E-state index is -0.626. The highest BCUT2D eigenvalue weighted by Gasteiger charge is 2.40. The minimum Gasteiger partial charge on any atom is -0.493 e. The Morgan fingerprint density at radius 3 is 2.32 bits per heavy atom. The van der Waals surface area contributed by atoms with E-state index in [1.807, 2.05) is 36.4 Å². The number of fused-ring (bicyclic) bond motifs is 1. The molecule has 0 bridgehead atoms. The number of nitrogens with zero attached hydrogens (tertiary/aromatic N) is 1. The molecule has 1 fully saturated rings. The SMILES string of the molecule is COc1cc2c(c(OC)c1OC)C[C@@H](N1CCC(NC(=O)c3ccccc3)CC1)[C@H]2O. The van der Waals surface area contributed by atoms with Crippen molar-refractivity contribution in [2.75, 3.05) is 34.4 Å². The van der Waals surface area contributed by atoms with Gasteiger partial charge in [0.05, 0.1) is 27.4 Å². The molecule has 1 aliphatic heterocycles. The number of ether oxygens (including phenoxy) is 3. The second kappa shape index (κ2) is 9.16. The topological polar surface area (TPSA) is 80.3 Å². The van der Waals surface area contributed by atoms with Crippen LogP contribution in [-0.4, -0.2) is 62.4 Å². The Balaban J connectivity index is 1.43. The van der Waals surface area contributed by atoms with Gasteiger partial charge in [0.25, 0.3) is 5.91 Å². The first-order valence-corrected chi connectivity index (χ1v) is 10.7. The normalized spacial score (nSPS) is 21.4. The zero-order chi connectivity index (χ0) is 22.0. The molecule has 1 saturated heterocycles. The number of aliphatic hydroxyl groups excluding tert-OH is 1. The highest BCUT2D eigenvalue weighted by molar-refractivity contribution is 5.94. The van der Waals surface area contributed by atoms with Crippen LogP contribution in [0.1, 0.15) is 40.4 Å². The van der Waals surface area contributed by atoms with Gasteiger partial charge < -0.3 is 24.6 Å². The fourth-order valence-electron chi connectivity index (χ4n) is 4.80. The Labute approximate surface area is 182 Å². The van der Waals surface area contributed by atoms with Crippen LogP contribution in [0, 0.1) is 0 Å². The van der Waals surface area contributed by atoms with Crippen molar-refractivity contribution in [3.63, 3.8) is 0 Å². The van der Waals surface area contributed by atoms with Crippen LogP contribution in [-0.2, 0) is 6.42 Å². The lowest BCUT2D eigenvalue weighted by Gasteiger charge is -2.37. The second-order valence-corrected chi connectivity index (χ2v) is 8.08. The van der Waals surface area contributed by atoms with Gasteiger partial charge in [-0.3, -0.25) is 9.69 Å². The van der Waals surface area contributed by atoms with Gasteiger partial charge in [0, 0.05) is 36.3 Å². The number of amides is 1. The Hall–Kier alpha value is -2.77. The van der Waals surface area contributed by atoms with E-state index in [9.17, 15) is 9.90 Å². The van der Waals surface area contributed by atoms with Gasteiger partial charge in [-0.15, -0.1) is 0 Å². The van der Waals surface area contributed by atoms with E-state index in [-0.39, 0.29) is 18.0 Å². The van der Waals surface area contributed by atoms with Crippen molar-refractivity contribution in [1.29, 1.82) is 0 Å². The molecule has 2 aliphatic rings. The van der Waals surface area contributed by atoms with Crippen LogP contribution in [0.2, 0.25) is 0 Å². The smallest absolute Gasteiger partial charge is 0.251 e. The lowest BCUT2D eigenvalue weighted by molar-refractivity contribution is 0.0426. The molecule has 7 nitrogen and oxygen atoms in total. The summed E-state index contributed by atoms with van der Waals surface area (Å²) in [5.74, 6) is 1.71. The minimum absolute atomic E-state index is 0.0312. The number of methoxy groups -OCH3 is 3. The standard InChI is InChI=1S/C24H30N2O5/c1-29-20-14-17-18(22(30-2)23(20)31-3)13-19(21(17)27)26-11-9-16(10-12-26)25-24(28)15-7-5-4-6-8-15/h4-8,14,16,19,21,27H,9-13H2,1-3H3,(H,25,28)/t19-,21+/m1/s1. The van der Waals surface area contributed by atoms with Crippen molar-refractivity contribution in [3.8, 4) is 17.2 Å². The van der Waals surface area contributed by atoms with Crippen molar-refractivity contribution >= 4 is 5.91 Å². The molecular weight excluding hydrogens is 396 g/mol. The average Bonchev–Trinajstić information content (AvgIpc) is 3.14. The summed E-state index contributed by atoms with van der Waals surface area (Å²) in [6.07, 6.45) is 1.75. The Morgan fingerprint density at radius 1 is 1.03 bits per heavy atom. The van der Waals surface area contributed by atoms with Gasteiger partial charge in [0.1, 0.15) is 0 Å². The highest BCUT2D eigenvalue weighted by Crippen LogP contribution is 2.49. The molecular formula is C24H30N2O5. The summed E-state index contributed by atoms with van der Waals surface area (Å²) in [4.78, 5) is 14.8. The monoisotopic (exact) mass is 426 g/mol. The number of piperidine rings is 1. The van der Waals surface area contributed by atoms with Gasteiger partial charge in [-0.1, -0.05) is 18.2 Å². The molecule has 166 valence electrons. The fraction of sp³-hybridized carbons (Fsp3) is 0.458. The Morgan fingerprint density at radius 2 is 1.71 bits per heavy atom. The first kappa shape index (κ1) is 21.5. The van der Waals surface area contributed by atoms with E-state index < -0.39 is 6.10 Å². The average molecular weight is 427 g/mol. The molecule has 0 saturated carbocycles. The maximum atomic E-state index is 12.4. The molecule has 2 N–H and O–H groups in total. The van der Waals surface area contributed by atoms with Gasteiger partial charge in [-0.2, -0.15) is 0 Å². The zero-order valence-corrected chi connectivity index (χ0v) is 18.3. The molecule has 2 aromatic rings. The first-order valence-electron chi connectivity index (χ1n) is 10.7. The predicted octanol–water partition coefficient (Wildman–Crippen LogP) is 2.56. The Bertz CT molecular complexity index is 925. The number of hydrogen-bond donors (Lipinski definition) is 2. The molecule has 0 spiro atoms. The summed E-state index contributed by atoms with van der Waals surface area (Å²) < 4.78 is 16.6. The first-order chi connectivity index (χ1) is 15.1. The van der Waals surface area contributed by atoms with E-state index in [1.165, 1.54) is 0 Å². The molecule has 2 atom stereocenters. The number of hydrogen-bond acceptors (Lipinski definition) is 6. The number of benzene rings is 2. The summed E-state index contributed by atoms with van der Waals surface area (Å²) in [5.41, 5.74) is 2.48. The van der Waals surface area contributed by atoms with Crippen LogP contribution < -0.4 is 19.5 Å². The molecule has 1 aliphatic carbocycles. The largest absolute Gasteiger partial charge is 0.493 e. The maximum Gasteiger partial charge on any atom is 0.251 e. The maximum absolute atomic E-state index is 12.4. The molecule has 1 heterocycles. The van der Waals surface area contributed by atoms with Crippen LogP contribution in [0.5, 0.6) is 17.2 Å². The quantitative estimate of drug-likeness (QED) is 0.739. The van der Waals surface area contributed by atoms with Crippen molar-refractivity contribution in [2.24, 2.45) is 0 Å². The molecule has 31 heavy (non-hydrogen) atoms. The second-order valence-electron chi connectivity index (χ2n) is 8.08. The molecule has 0 unspecified atom stereocenters. The van der Waals surface area contributed by atoms with E-state index in [0.717, 1.165) is 37.1 Å². The highest BCUT2D eigenvalue weighted by atomic mass is 16.5. The molecule has 2 aromatic carbocycles. The number of likely N-dealkylation sites (tertiary alicyclic amines) is 1. The van der Waals surface area contributed by atoms with E-state index in [0.29, 0.717) is 29.2 Å². The summed E-state index contributed by atoms with van der Waals surface area (Å²) in [7, 11) is 4.78. The van der Waals surface area contributed by atoms with E-state index >= 15 is 0 Å². The lowest BCUT2D eigenvalue weighted by Crippen LogP contribution is -2.49. The van der Waals surface area contributed by atoms with Crippen LogP contribution in [0.4, 0.5) is 0 Å². The van der Waals surface area contributed by atoms with Crippen molar-refractivity contribution < 1.29 is 24.1 Å². The third-order valence-corrected chi connectivity index (χ3v) is 6.43. The number of rotatable bonds is 6. The summed E-state index contributed by atoms with van der Waals surface area (Å²) in [6, 6.07) is 11.3. The number of carbonyl (C=O) groups is 1. The molecule has 1 amide bonds. The predicted molar refractivity (Wildman–Crippen MR) is 117 cm³/mol. The number of aliphatic hydroxyl groups is 1. The molecule has 0 radical (unpaired) electrons. The summed E-state index contributed by atoms with van der Waals surface area (Å²) in [6.45, 7) is 1.62. The van der Waals surface area contributed by atoms with Crippen LogP contribution in [0.15, 0.2) is 36.4 Å². The van der Waals surface area contributed by atoms with Crippen LogP contribution in [0.3, 0.4) is 0 Å². The zero-order valence-electron chi connectivity index (χ0n) is 18.3. The fourth-order valence-corrected chi connectivity index (χ4v) is 4.80. The van der Waals surface area contributed by atoms with Crippen molar-refractivity contribution in [1.82, 2.24) is 10.2 Å². The number of nitrogens with one attached hydrogen (secondary N) is 1. The Kier molecular flexibility index (Phi) is 6.34. The van der Waals surface area contributed by atoms with Crippen molar-refractivity contribution in [3.05, 3.63) is 53.1 Å². The van der Waals surface area contributed by atoms with Crippen molar-refractivity contribution in [2.45, 2.75) is 37.5 Å². The number of carbonyl (C=O) groups excluding carboxylic acids is 1. The molecule has 7 heteroatoms. The molecule has 4 rings (SSSR count). The van der Waals surface area contributed by atoms with Gasteiger partial charge >= 0.3 is 0 Å². The van der Waals surface area contributed by atoms with E-state index in [1.54, 1.807) is 21.3 Å². The van der Waals surface area contributed by atoms with E-state index in [4.69, 9.17) is 14.2 Å². The van der Waals surface area contributed by atoms with Crippen LogP contribution in [0.25, 0.3) is 0 Å².